The summed E-state index contributed by atoms with van der Waals surface area (Å²) in [4.78, 5) is 4.66. The van der Waals surface area contributed by atoms with Gasteiger partial charge in [0.05, 0.1) is 5.03 Å². The normalized spacial score (nSPS) is 21.7. The van der Waals surface area contributed by atoms with Gasteiger partial charge in [-0.1, -0.05) is 24.3 Å². The van der Waals surface area contributed by atoms with Gasteiger partial charge in [0.25, 0.3) is 0 Å². The fourth-order valence-corrected chi connectivity index (χ4v) is 4.45. The molecule has 2 nitrogen and oxygen atoms in total. The maximum atomic E-state index is 6.57. The van der Waals surface area contributed by atoms with Crippen LogP contribution in [0.15, 0.2) is 41.4 Å². The van der Waals surface area contributed by atoms with Gasteiger partial charge in [-0.05, 0) is 61.9 Å². The number of hydrogen-bond donors (Lipinski definition) is 1. The molecule has 2 N–H and O–H groups in total. The minimum atomic E-state index is 0.0938. The Hall–Kier alpha value is -1.32. The lowest BCUT2D eigenvalue weighted by atomic mass is 10.00. The molecule has 0 aliphatic heterocycles. The van der Waals surface area contributed by atoms with Crippen LogP contribution in [0.3, 0.4) is 0 Å². The molecule has 21 heavy (non-hydrogen) atoms. The van der Waals surface area contributed by atoms with E-state index < -0.39 is 0 Å². The summed E-state index contributed by atoms with van der Waals surface area (Å²) in [6.07, 6.45) is 3.49. The van der Waals surface area contributed by atoms with Crippen LogP contribution in [0.2, 0.25) is 0 Å². The summed E-state index contributed by atoms with van der Waals surface area (Å²) in [6, 6.07) is 13.0. The third-order valence-corrected chi connectivity index (χ3v) is 5.38. The summed E-state index contributed by atoms with van der Waals surface area (Å²) in [5.74, 6) is 0. The van der Waals surface area contributed by atoms with E-state index in [2.05, 4.69) is 55.2 Å². The second-order valence-electron chi connectivity index (χ2n) is 5.90. The van der Waals surface area contributed by atoms with Crippen LogP contribution >= 0.6 is 11.8 Å². The van der Waals surface area contributed by atoms with Crippen molar-refractivity contribution in [1.82, 2.24) is 4.98 Å². The van der Waals surface area contributed by atoms with E-state index in [0.717, 1.165) is 23.6 Å². The highest BCUT2D eigenvalue weighted by Gasteiger charge is 2.25. The van der Waals surface area contributed by atoms with Crippen LogP contribution in [0, 0.1) is 13.8 Å². The lowest BCUT2D eigenvalue weighted by Gasteiger charge is -2.22. The zero-order valence-corrected chi connectivity index (χ0v) is 13.5. The Kier molecular flexibility index (Phi) is 4.32. The first-order valence-electron chi connectivity index (χ1n) is 7.59. The van der Waals surface area contributed by atoms with Crippen LogP contribution < -0.4 is 5.73 Å². The number of nitrogens with two attached hydrogens (primary N) is 1. The summed E-state index contributed by atoms with van der Waals surface area (Å²) in [7, 11) is 0. The predicted octanol–water partition coefficient (Wildman–Crippen LogP) is 4.20. The highest BCUT2D eigenvalue weighted by molar-refractivity contribution is 7.99. The number of pyridine rings is 1. The molecule has 2 atom stereocenters. The molecule has 0 fully saturated rings. The van der Waals surface area contributed by atoms with Crippen LogP contribution in [-0.2, 0) is 6.42 Å². The first-order valence-corrected chi connectivity index (χ1v) is 8.47. The Bertz CT molecular complexity index is 619. The Morgan fingerprint density at radius 1 is 1.19 bits per heavy atom. The maximum Gasteiger partial charge on any atom is 0.0969 e. The van der Waals surface area contributed by atoms with E-state index in [9.17, 15) is 0 Å². The monoisotopic (exact) mass is 298 g/mol. The number of fused-ring (bicyclic) bond motifs is 1. The fourth-order valence-electron chi connectivity index (χ4n) is 3.11. The third-order valence-electron chi connectivity index (χ3n) is 4.10. The van der Waals surface area contributed by atoms with Crippen molar-refractivity contribution >= 4 is 11.8 Å². The van der Waals surface area contributed by atoms with Gasteiger partial charge in [-0.2, -0.15) is 0 Å². The average Bonchev–Trinajstić information content (AvgIpc) is 2.59. The smallest absolute Gasteiger partial charge is 0.0969 e. The van der Waals surface area contributed by atoms with Gasteiger partial charge < -0.3 is 5.73 Å². The molecule has 0 bridgehead atoms. The summed E-state index contributed by atoms with van der Waals surface area (Å²) in [5.41, 5.74) is 11.7. The predicted molar refractivity (Wildman–Crippen MR) is 89.7 cm³/mol. The van der Waals surface area contributed by atoms with Crippen LogP contribution in [0.5, 0.6) is 0 Å². The van der Waals surface area contributed by atoms with E-state index in [1.807, 2.05) is 11.8 Å². The Morgan fingerprint density at radius 2 is 2.00 bits per heavy atom. The Labute approximate surface area is 131 Å². The second-order valence-corrected chi connectivity index (χ2v) is 7.16. The molecule has 2 aromatic rings. The quantitative estimate of drug-likeness (QED) is 0.845. The standard InChI is InChI=1S/C18H22N2S/c1-12-10-13(2)20-17(11-12)21-16-9-5-7-14-6-3-4-8-15(14)18(16)19/h3-4,6,8,10-11,16,18H,5,7,9,19H2,1-2H3. The Morgan fingerprint density at radius 3 is 2.81 bits per heavy atom. The topological polar surface area (TPSA) is 38.9 Å². The number of benzene rings is 1. The van der Waals surface area contributed by atoms with Crippen molar-refractivity contribution in [1.29, 1.82) is 0 Å². The first kappa shape index (κ1) is 14.6. The molecule has 0 saturated heterocycles. The fraction of sp³-hybridized carbons (Fsp3) is 0.389. The SMILES string of the molecule is Cc1cc(C)nc(SC2CCCc3ccccc3C2N)c1. The number of nitrogens with zero attached hydrogens (tertiary/aromatic N) is 1. The van der Waals surface area contributed by atoms with Crippen molar-refractivity contribution < 1.29 is 0 Å². The minimum absolute atomic E-state index is 0.0938. The highest BCUT2D eigenvalue weighted by atomic mass is 32.2. The molecule has 3 rings (SSSR count). The number of thioether (sulfide) groups is 1. The van der Waals surface area contributed by atoms with Crippen molar-refractivity contribution in [2.45, 2.75) is 49.4 Å². The molecule has 0 amide bonds. The number of aryl methyl sites for hydroxylation is 3. The number of rotatable bonds is 2. The molecule has 1 aliphatic carbocycles. The maximum absolute atomic E-state index is 6.57. The molecule has 1 heterocycles. The van der Waals surface area contributed by atoms with Crippen molar-refractivity contribution in [3.05, 3.63) is 58.8 Å². The van der Waals surface area contributed by atoms with Gasteiger partial charge in [-0.3, -0.25) is 0 Å². The summed E-state index contributed by atoms with van der Waals surface area (Å²) in [5, 5.41) is 1.51. The number of hydrogen-bond acceptors (Lipinski definition) is 3. The van der Waals surface area contributed by atoms with E-state index in [0.29, 0.717) is 5.25 Å². The average molecular weight is 298 g/mol. The molecule has 110 valence electrons. The molecule has 0 radical (unpaired) electrons. The van der Waals surface area contributed by atoms with E-state index >= 15 is 0 Å². The lowest BCUT2D eigenvalue weighted by molar-refractivity contribution is 0.631. The van der Waals surface area contributed by atoms with Crippen LogP contribution in [0.1, 0.15) is 41.3 Å². The van der Waals surface area contributed by atoms with Crippen molar-refractivity contribution in [2.75, 3.05) is 0 Å². The molecule has 2 unspecified atom stereocenters. The van der Waals surface area contributed by atoms with Gasteiger partial charge in [0, 0.05) is 17.0 Å². The summed E-state index contributed by atoms with van der Waals surface area (Å²) in [6.45, 7) is 4.18. The van der Waals surface area contributed by atoms with Gasteiger partial charge in [-0.25, -0.2) is 4.98 Å². The van der Waals surface area contributed by atoms with Crippen LogP contribution in [0.4, 0.5) is 0 Å². The molecule has 0 saturated carbocycles. The molecule has 1 aromatic heterocycles. The Balaban J connectivity index is 1.85. The summed E-state index contributed by atoms with van der Waals surface area (Å²) >= 11 is 1.84. The van der Waals surface area contributed by atoms with Gasteiger partial charge in [0.2, 0.25) is 0 Å². The third kappa shape index (κ3) is 3.30. The van der Waals surface area contributed by atoms with E-state index in [1.165, 1.54) is 23.1 Å². The molecule has 1 aliphatic rings. The number of aromatic nitrogens is 1. The molecular formula is C18H22N2S. The molecular weight excluding hydrogens is 276 g/mol. The molecule has 3 heteroatoms. The van der Waals surface area contributed by atoms with E-state index in [1.54, 1.807) is 0 Å². The van der Waals surface area contributed by atoms with E-state index in [-0.39, 0.29) is 6.04 Å². The first-order chi connectivity index (χ1) is 10.1. The molecule has 1 aromatic carbocycles. The van der Waals surface area contributed by atoms with Gasteiger partial charge >= 0.3 is 0 Å². The minimum Gasteiger partial charge on any atom is -0.323 e. The van der Waals surface area contributed by atoms with Gasteiger partial charge in [0.15, 0.2) is 0 Å². The van der Waals surface area contributed by atoms with Crippen molar-refractivity contribution in [3.63, 3.8) is 0 Å². The van der Waals surface area contributed by atoms with Crippen LogP contribution in [0.25, 0.3) is 0 Å². The zero-order valence-electron chi connectivity index (χ0n) is 12.7. The van der Waals surface area contributed by atoms with E-state index in [4.69, 9.17) is 5.73 Å². The van der Waals surface area contributed by atoms with Gasteiger partial charge in [0.1, 0.15) is 0 Å². The highest BCUT2D eigenvalue weighted by Crippen LogP contribution is 2.37. The zero-order chi connectivity index (χ0) is 14.8. The van der Waals surface area contributed by atoms with Crippen molar-refractivity contribution in [3.8, 4) is 0 Å². The lowest BCUT2D eigenvalue weighted by Crippen LogP contribution is -2.23. The second kappa shape index (κ2) is 6.20. The summed E-state index contributed by atoms with van der Waals surface area (Å²) < 4.78 is 0. The van der Waals surface area contributed by atoms with Crippen molar-refractivity contribution in [2.24, 2.45) is 5.73 Å². The van der Waals surface area contributed by atoms with Crippen LogP contribution in [-0.4, -0.2) is 10.2 Å². The van der Waals surface area contributed by atoms with Gasteiger partial charge in [-0.15, -0.1) is 11.8 Å². The molecule has 0 spiro atoms. The largest absolute Gasteiger partial charge is 0.323 e.